The highest BCUT2D eigenvalue weighted by molar-refractivity contribution is 4.86. The molecule has 1 aliphatic carbocycles. The molecule has 1 atom stereocenters. The maximum absolute atomic E-state index is 4.09. The Morgan fingerprint density at radius 3 is 2.75 bits per heavy atom. The van der Waals surface area contributed by atoms with Gasteiger partial charge in [0.1, 0.15) is 0 Å². The van der Waals surface area contributed by atoms with Crippen molar-refractivity contribution in [3.8, 4) is 0 Å². The van der Waals surface area contributed by atoms with Crippen LogP contribution in [0.2, 0.25) is 0 Å². The standard InChI is InChI=1S/C11H21N5/c1-8(2)12-7-11-13-14-15-16(11)9(3)6-10-4-5-10/h8-10,12H,4-7H2,1-3H3. The number of hydrogen-bond donors (Lipinski definition) is 1. The molecule has 0 bridgehead atoms. The molecule has 1 aliphatic rings. The van der Waals surface area contributed by atoms with Crippen molar-refractivity contribution in [1.82, 2.24) is 25.5 Å². The second kappa shape index (κ2) is 4.91. The lowest BCUT2D eigenvalue weighted by atomic mass is 10.1. The molecule has 5 nitrogen and oxygen atoms in total. The van der Waals surface area contributed by atoms with Crippen LogP contribution in [0.5, 0.6) is 0 Å². The lowest BCUT2D eigenvalue weighted by molar-refractivity contribution is 0.404. The van der Waals surface area contributed by atoms with E-state index in [4.69, 9.17) is 0 Å². The number of tetrazole rings is 1. The van der Waals surface area contributed by atoms with Gasteiger partial charge in [0.25, 0.3) is 0 Å². The topological polar surface area (TPSA) is 55.6 Å². The van der Waals surface area contributed by atoms with Crippen LogP contribution in [0.1, 0.15) is 51.9 Å². The normalized spacial score (nSPS) is 18.0. The van der Waals surface area contributed by atoms with Crippen LogP contribution in [0.3, 0.4) is 0 Å². The third-order valence-electron chi connectivity index (χ3n) is 3.02. The van der Waals surface area contributed by atoms with Gasteiger partial charge in [-0.1, -0.05) is 26.7 Å². The molecule has 0 radical (unpaired) electrons. The van der Waals surface area contributed by atoms with Gasteiger partial charge in [0.15, 0.2) is 5.82 Å². The zero-order valence-electron chi connectivity index (χ0n) is 10.3. The van der Waals surface area contributed by atoms with Gasteiger partial charge in [0.2, 0.25) is 0 Å². The Morgan fingerprint density at radius 2 is 2.12 bits per heavy atom. The monoisotopic (exact) mass is 223 g/mol. The van der Waals surface area contributed by atoms with Gasteiger partial charge in [-0.05, 0) is 29.7 Å². The highest BCUT2D eigenvalue weighted by Crippen LogP contribution is 2.36. The van der Waals surface area contributed by atoms with Gasteiger partial charge < -0.3 is 5.32 Å². The summed E-state index contributed by atoms with van der Waals surface area (Å²) in [4.78, 5) is 0. The highest BCUT2D eigenvalue weighted by Gasteiger charge is 2.25. The first-order chi connectivity index (χ1) is 7.66. The van der Waals surface area contributed by atoms with Crippen LogP contribution in [0.15, 0.2) is 0 Å². The van der Waals surface area contributed by atoms with E-state index in [9.17, 15) is 0 Å². The smallest absolute Gasteiger partial charge is 0.165 e. The second-order valence-electron chi connectivity index (χ2n) is 5.10. The van der Waals surface area contributed by atoms with E-state index in [1.165, 1.54) is 19.3 Å². The van der Waals surface area contributed by atoms with Crippen molar-refractivity contribution in [3.63, 3.8) is 0 Å². The summed E-state index contributed by atoms with van der Waals surface area (Å²) in [6.07, 6.45) is 3.97. The van der Waals surface area contributed by atoms with E-state index in [1.54, 1.807) is 0 Å². The largest absolute Gasteiger partial charge is 0.308 e. The third-order valence-corrected chi connectivity index (χ3v) is 3.02. The second-order valence-corrected chi connectivity index (χ2v) is 5.10. The van der Waals surface area contributed by atoms with Crippen molar-refractivity contribution >= 4 is 0 Å². The Balaban J connectivity index is 1.93. The fourth-order valence-electron chi connectivity index (χ4n) is 1.90. The molecule has 1 fully saturated rings. The molecule has 1 aromatic heterocycles. The third kappa shape index (κ3) is 3.01. The van der Waals surface area contributed by atoms with E-state index in [0.717, 1.165) is 18.3 Å². The van der Waals surface area contributed by atoms with Crippen LogP contribution in [0.4, 0.5) is 0 Å². The van der Waals surface area contributed by atoms with E-state index in [0.29, 0.717) is 12.1 Å². The highest BCUT2D eigenvalue weighted by atomic mass is 15.6. The number of aromatic nitrogens is 4. The van der Waals surface area contributed by atoms with Crippen LogP contribution < -0.4 is 5.32 Å². The average Bonchev–Trinajstić information content (AvgIpc) is 2.91. The molecule has 1 unspecified atom stereocenters. The van der Waals surface area contributed by atoms with E-state index < -0.39 is 0 Å². The van der Waals surface area contributed by atoms with E-state index in [-0.39, 0.29) is 0 Å². The molecule has 2 rings (SSSR count). The fourth-order valence-corrected chi connectivity index (χ4v) is 1.90. The van der Waals surface area contributed by atoms with Crippen LogP contribution in [0, 0.1) is 5.92 Å². The average molecular weight is 223 g/mol. The lowest BCUT2D eigenvalue weighted by Crippen LogP contribution is -2.25. The Kier molecular flexibility index (Phi) is 3.53. The quantitative estimate of drug-likeness (QED) is 0.794. The molecule has 0 aromatic carbocycles. The van der Waals surface area contributed by atoms with Crippen molar-refractivity contribution in [2.45, 2.75) is 58.7 Å². The van der Waals surface area contributed by atoms with Gasteiger partial charge in [-0.15, -0.1) is 5.10 Å². The molecule has 16 heavy (non-hydrogen) atoms. The summed E-state index contributed by atoms with van der Waals surface area (Å²) in [5.41, 5.74) is 0. The minimum absolute atomic E-state index is 0.423. The molecule has 0 aliphatic heterocycles. The van der Waals surface area contributed by atoms with Gasteiger partial charge in [-0.2, -0.15) is 0 Å². The number of nitrogens with one attached hydrogen (secondary N) is 1. The molecule has 90 valence electrons. The first kappa shape index (κ1) is 11.5. The Morgan fingerprint density at radius 1 is 1.38 bits per heavy atom. The molecule has 1 N–H and O–H groups in total. The van der Waals surface area contributed by atoms with Crippen molar-refractivity contribution in [3.05, 3.63) is 5.82 Å². The van der Waals surface area contributed by atoms with Crippen molar-refractivity contribution in [1.29, 1.82) is 0 Å². The van der Waals surface area contributed by atoms with Crippen LogP contribution in [-0.4, -0.2) is 26.2 Å². The Labute approximate surface area is 96.6 Å². The Bertz CT molecular complexity index is 329. The van der Waals surface area contributed by atoms with Gasteiger partial charge in [-0.3, -0.25) is 0 Å². The minimum Gasteiger partial charge on any atom is -0.308 e. The maximum atomic E-state index is 4.09. The van der Waals surface area contributed by atoms with Gasteiger partial charge >= 0.3 is 0 Å². The van der Waals surface area contributed by atoms with Crippen molar-refractivity contribution in [2.75, 3.05) is 0 Å². The summed E-state index contributed by atoms with van der Waals surface area (Å²) in [6.45, 7) is 7.21. The number of hydrogen-bond acceptors (Lipinski definition) is 4. The van der Waals surface area contributed by atoms with Gasteiger partial charge in [0, 0.05) is 6.04 Å². The van der Waals surface area contributed by atoms with Gasteiger partial charge in [-0.25, -0.2) is 4.68 Å². The molecular weight excluding hydrogens is 202 g/mol. The summed E-state index contributed by atoms with van der Waals surface area (Å²) >= 11 is 0. The zero-order valence-corrected chi connectivity index (χ0v) is 10.3. The molecule has 1 aromatic rings. The molecule has 1 saturated carbocycles. The molecule has 1 heterocycles. The summed E-state index contributed by atoms with van der Waals surface area (Å²) in [5.74, 6) is 1.85. The van der Waals surface area contributed by atoms with Crippen molar-refractivity contribution in [2.24, 2.45) is 5.92 Å². The minimum atomic E-state index is 0.423. The summed E-state index contributed by atoms with van der Waals surface area (Å²) < 4.78 is 1.97. The summed E-state index contributed by atoms with van der Waals surface area (Å²) in [6, 6.07) is 0.885. The predicted molar refractivity (Wildman–Crippen MR) is 61.8 cm³/mol. The lowest BCUT2D eigenvalue weighted by Gasteiger charge is -2.14. The van der Waals surface area contributed by atoms with Crippen LogP contribution in [-0.2, 0) is 6.54 Å². The molecule has 0 spiro atoms. The zero-order chi connectivity index (χ0) is 11.5. The molecule has 0 saturated heterocycles. The molecule has 0 amide bonds. The Hall–Kier alpha value is -0.970. The number of nitrogens with zero attached hydrogens (tertiary/aromatic N) is 4. The van der Waals surface area contributed by atoms with E-state index in [1.807, 2.05) is 4.68 Å². The first-order valence-electron chi connectivity index (χ1n) is 6.17. The van der Waals surface area contributed by atoms with Crippen LogP contribution in [0.25, 0.3) is 0 Å². The SMILES string of the molecule is CC(C)NCc1nnnn1C(C)CC1CC1. The van der Waals surface area contributed by atoms with E-state index in [2.05, 4.69) is 41.6 Å². The van der Waals surface area contributed by atoms with Gasteiger partial charge in [0.05, 0.1) is 12.6 Å². The summed E-state index contributed by atoms with van der Waals surface area (Å²) in [7, 11) is 0. The van der Waals surface area contributed by atoms with Crippen molar-refractivity contribution < 1.29 is 0 Å². The van der Waals surface area contributed by atoms with E-state index >= 15 is 0 Å². The first-order valence-corrected chi connectivity index (χ1v) is 6.17. The molecule has 5 heteroatoms. The maximum Gasteiger partial charge on any atom is 0.165 e. The predicted octanol–water partition coefficient (Wildman–Crippen LogP) is 1.53. The van der Waals surface area contributed by atoms with Crippen LogP contribution >= 0.6 is 0 Å². The summed E-state index contributed by atoms with van der Waals surface area (Å²) in [5, 5.41) is 15.3. The molecular formula is C11H21N5. The fraction of sp³-hybridized carbons (Fsp3) is 0.909. The number of rotatable bonds is 6.